The Morgan fingerprint density at radius 3 is 2.84 bits per heavy atom. The van der Waals surface area contributed by atoms with Crippen LogP contribution in [0.25, 0.3) is 0 Å². The van der Waals surface area contributed by atoms with E-state index in [9.17, 15) is 4.79 Å². The van der Waals surface area contributed by atoms with Gasteiger partial charge >= 0.3 is 0 Å². The number of carbonyl (C=O) groups excluding carboxylic acids is 1. The summed E-state index contributed by atoms with van der Waals surface area (Å²) in [5, 5.41) is 3.41. The van der Waals surface area contributed by atoms with E-state index in [-0.39, 0.29) is 12.5 Å². The van der Waals surface area contributed by atoms with Crippen LogP contribution >= 0.6 is 11.6 Å². The smallest absolute Gasteiger partial charge is 0.257 e. The van der Waals surface area contributed by atoms with E-state index in [4.69, 9.17) is 22.1 Å². The molecule has 0 unspecified atom stereocenters. The lowest BCUT2D eigenvalue weighted by Crippen LogP contribution is -2.31. The van der Waals surface area contributed by atoms with Crippen molar-refractivity contribution in [1.29, 1.82) is 0 Å². The minimum atomic E-state index is -0.132. The molecule has 1 aromatic rings. The van der Waals surface area contributed by atoms with Gasteiger partial charge in [0.05, 0.1) is 0 Å². The fourth-order valence-electron chi connectivity index (χ4n) is 1.57. The van der Waals surface area contributed by atoms with Crippen LogP contribution in [0.5, 0.6) is 5.75 Å². The maximum Gasteiger partial charge on any atom is 0.257 e. The predicted octanol–water partition coefficient (Wildman–Crippen LogP) is 1.99. The number of halogens is 1. The second-order valence-corrected chi connectivity index (χ2v) is 5.15. The number of nitrogens with two attached hydrogens (primary N) is 1. The number of nitrogens with one attached hydrogen (secondary N) is 1. The molecule has 1 amide bonds. The summed E-state index contributed by atoms with van der Waals surface area (Å²) in [5.41, 5.74) is 6.39. The van der Waals surface area contributed by atoms with Crippen LogP contribution in [0.3, 0.4) is 0 Å². The molecule has 4 nitrogen and oxygen atoms in total. The molecule has 19 heavy (non-hydrogen) atoms. The number of carbonyl (C=O) groups is 1. The third-order valence-electron chi connectivity index (χ3n) is 2.54. The Bertz CT molecular complexity index is 422. The van der Waals surface area contributed by atoms with Gasteiger partial charge in [0.2, 0.25) is 0 Å². The largest absolute Gasteiger partial charge is 0.483 e. The Morgan fingerprint density at radius 2 is 2.21 bits per heavy atom. The van der Waals surface area contributed by atoms with Gasteiger partial charge in [-0.1, -0.05) is 31.5 Å². The highest BCUT2D eigenvalue weighted by Gasteiger charge is 2.09. The summed E-state index contributed by atoms with van der Waals surface area (Å²) < 4.78 is 5.51. The highest BCUT2D eigenvalue weighted by atomic mass is 35.5. The quantitative estimate of drug-likeness (QED) is 0.805. The Balaban J connectivity index is 2.57. The van der Waals surface area contributed by atoms with E-state index in [1.807, 2.05) is 13.8 Å². The molecule has 1 rings (SSSR count). The predicted molar refractivity (Wildman–Crippen MR) is 77.6 cm³/mol. The second-order valence-electron chi connectivity index (χ2n) is 4.74. The zero-order valence-corrected chi connectivity index (χ0v) is 12.2. The SMILES string of the molecule is CC(C)CNC(=O)COc1cccc(Cl)c1CCN. The lowest BCUT2D eigenvalue weighted by molar-refractivity contribution is -0.123. The first-order valence-corrected chi connectivity index (χ1v) is 6.79. The van der Waals surface area contributed by atoms with E-state index in [1.54, 1.807) is 18.2 Å². The highest BCUT2D eigenvalue weighted by Crippen LogP contribution is 2.26. The van der Waals surface area contributed by atoms with Gasteiger partial charge in [-0.25, -0.2) is 0 Å². The minimum Gasteiger partial charge on any atom is -0.483 e. The normalized spacial score (nSPS) is 10.6. The molecule has 0 heterocycles. The molecule has 0 atom stereocenters. The van der Waals surface area contributed by atoms with Gasteiger partial charge in [-0.05, 0) is 31.0 Å². The fraction of sp³-hybridized carbons (Fsp3) is 0.500. The zero-order valence-electron chi connectivity index (χ0n) is 11.4. The summed E-state index contributed by atoms with van der Waals surface area (Å²) >= 11 is 6.09. The molecule has 0 aliphatic heterocycles. The first-order valence-electron chi connectivity index (χ1n) is 6.41. The van der Waals surface area contributed by atoms with Crippen molar-refractivity contribution in [3.63, 3.8) is 0 Å². The molecule has 0 saturated carbocycles. The number of amides is 1. The molecule has 0 spiro atoms. The third kappa shape index (κ3) is 5.49. The van der Waals surface area contributed by atoms with Crippen molar-refractivity contribution in [2.75, 3.05) is 19.7 Å². The van der Waals surface area contributed by atoms with Gasteiger partial charge in [-0.15, -0.1) is 0 Å². The minimum absolute atomic E-state index is 0.00929. The molecule has 1 aromatic carbocycles. The van der Waals surface area contributed by atoms with Crippen molar-refractivity contribution < 1.29 is 9.53 Å². The number of ether oxygens (including phenoxy) is 1. The van der Waals surface area contributed by atoms with Gasteiger partial charge in [-0.2, -0.15) is 0 Å². The van der Waals surface area contributed by atoms with Gasteiger partial charge in [0.15, 0.2) is 6.61 Å². The molecule has 0 bridgehead atoms. The topological polar surface area (TPSA) is 64.3 Å². The summed E-state index contributed by atoms with van der Waals surface area (Å²) in [6.45, 7) is 5.20. The van der Waals surface area contributed by atoms with E-state index in [0.717, 1.165) is 5.56 Å². The standard InChI is InChI=1S/C14H21ClN2O2/c1-10(2)8-17-14(18)9-19-13-5-3-4-12(15)11(13)6-7-16/h3-5,10H,6-9,16H2,1-2H3,(H,17,18). The van der Waals surface area contributed by atoms with Gasteiger partial charge in [0, 0.05) is 17.1 Å². The Kier molecular flexibility index (Phi) is 6.67. The summed E-state index contributed by atoms with van der Waals surface area (Å²) in [5.74, 6) is 0.910. The third-order valence-corrected chi connectivity index (χ3v) is 2.89. The lowest BCUT2D eigenvalue weighted by atomic mass is 10.1. The molecular weight excluding hydrogens is 264 g/mol. The van der Waals surface area contributed by atoms with E-state index >= 15 is 0 Å². The molecule has 3 N–H and O–H groups in total. The number of benzene rings is 1. The van der Waals surface area contributed by atoms with Crippen LogP contribution in [0.4, 0.5) is 0 Å². The summed E-state index contributed by atoms with van der Waals surface area (Å²) in [4.78, 5) is 11.6. The Hall–Kier alpha value is -1.26. The van der Waals surface area contributed by atoms with Crippen molar-refractivity contribution in [1.82, 2.24) is 5.32 Å². The molecule has 0 radical (unpaired) electrons. The van der Waals surface area contributed by atoms with Crippen LogP contribution in [0.1, 0.15) is 19.4 Å². The average molecular weight is 285 g/mol. The van der Waals surface area contributed by atoms with Crippen molar-refractivity contribution >= 4 is 17.5 Å². The van der Waals surface area contributed by atoms with Crippen molar-refractivity contribution in [2.24, 2.45) is 11.7 Å². The summed E-state index contributed by atoms with van der Waals surface area (Å²) in [6.07, 6.45) is 0.628. The van der Waals surface area contributed by atoms with E-state index < -0.39 is 0 Å². The van der Waals surface area contributed by atoms with Crippen molar-refractivity contribution in [3.05, 3.63) is 28.8 Å². The molecule has 0 saturated heterocycles. The van der Waals surface area contributed by atoms with Crippen LogP contribution in [0.15, 0.2) is 18.2 Å². The van der Waals surface area contributed by atoms with E-state index in [0.29, 0.717) is 36.2 Å². The second kappa shape index (κ2) is 8.02. The zero-order chi connectivity index (χ0) is 14.3. The first-order chi connectivity index (χ1) is 9.04. The Morgan fingerprint density at radius 1 is 1.47 bits per heavy atom. The number of hydrogen-bond acceptors (Lipinski definition) is 3. The van der Waals surface area contributed by atoms with Crippen LogP contribution in [-0.2, 0) is 11.2 Å². The molecule has 0 aromatic heterocycles. The van der Waals surface area contributed by atoms with Crippen molar-refractivity contribution in [2.45, 2.75) is 20.3 Å². The number of hydrogen-bond donors (Lipinski definition) is 2. The molecule has 106 valence electrons. The van der Waals surface area contributed by atoms with E-state index in [1.165, 1.54) is 0 Å². The monoisotopic (exact) mass is 284 g/mol. The van der Waals surface area contributed by atoms with Crippen LogP contribution in [0.2, 0.25) is 5.02 Å². The first kappa shape index (κ1) is 15.8. The van der Waals surface area contributed by atoms with Crippen LogP contribution < -0.4 is 15.8 Å². The molecule has 0 aliphatic carbocycles. The van der Waals surface area contributed by atoms with Crippen LogP contribution in [0, 0.1) is 5.92 Å². The average Bonchev–Trinajstić information content (AvgIpc) is 2.37. The molecule has 0 fully saturated rings. The fourth-order valence-corrected chi connectivity index (χ4v) is 1.83. The maximum absolute atomic E-state index is 11.6. The molecule has 5 heteroatoms. The molecular formula is C14H21ClN2O2. The van der Waals surface area contributed by atoms with Crippen molar-refractivity contribution in [3.8, 4) is 5.75 Å². The van der Waals surface area contributed by atoms with Gasteiger partial charge in [-0.3, -0.25) is 4.79 Å². The van der Waals surface area contributed by atoms with E-state index in [2.05, 4.69) is 5.32 Å². The summed E-state index contributed by atoms with van der Waals surface area (Å²) in [7, 11) is 0. The van der Waals surface area contributed by atoms with Crippen LogP contribution in [-0.4, -0.2) is 25.6 Å². The summed E-state index contributed by atoms with van der Waals surface area (Å²) in [6, 6.07) is 5.38. The lowest BCUT2D eigenvalue weighted by Gasteiger charge is -2.13. The molecule has 0 aliphatic rings. The van der Waals surface area contributed by atoms with Gasteiger partial charge in [0.1, 0.15) is 5.75 Å². The maximum atomic E-state index is 11.6. The number of rotatable bonds is 7. The Labute approximate surface area is 119 Å². The highest BCUT2D eigenvalue weighted by molar-refractivity contribution is 6.31. The van der Waals surface area contributed by atoms with Gasteiger partial charge in [0.25, 0.3) is 5.91 Å². The van der Waals surface area contributed by atoms with Gasteiger partial charge < -0.3 is 15.8 Å².